The van der Waals surface area contributed by atoms with Gasteiger partial charge in [0.15, 0.2) is 16.3 Å². The van der Waals surface area contributed by atoms with Crippen LogP contribution in [-0.2, 0) is 6.54 Å². The van der Waals surface area contributed by atoms with Gasteiger partial charge in [0, 0.05) is 23.1 Å². The number of fused-ring (bicyclic) bond motifs is 1. The molecule has 0 saturated heterocycles. The van der Waals surface area contributed by atoms with Crippen molar-refractivity contribution in [1.29, 1.82) is 0 Å². The standard InChI is InChI=1S/C24H25N3O4S2/c1-3-4-11-27-23(30)21(22(29)26-24(27)32)16-13-20(14-9-10-17(28)18(12-14)31-2)33-19-8-6-5-7-15(19)25-16/h5-10,12,20,28,30H,3-4,11,13H2,1-2H3,(H,26,29,32)/t20-/m1/s1. The molecular formula is C24H25N3O4S2. The van der Waals surface area contributed by atoms with Crippen molar-refractivity contribution >= 4 is 35.4 Å². The van der Waals surface area contributed by atoms with Crippen molar-refractivity contribution in [2.75, 3.05) is 7.11 Å². The third-order valence-electron chi connectivity index (χ3n) is 5.54. The number of aromatic amines is 1. The van der Waals surface area contributed by atoms with Gasteiger partial charge in [0.2, 0.25) is 5.88 Å². The first-order valence-corrected chi connectivity index (χ1v) is 12.0. The van der Waals surface area contributed by atoms with Gasteiger partial charge in [-0.05, 0) is 48.5 Å². The first kappa shape index (κ1) is 23.1. The summed E-state index contributed by atoms with van der Waals surface area (Å²) in [5.41, 5.74) is 1.78. The van der Waals surface area contributed by atoms with Gasteiger partial charge in [0.25, 0.3) is 5.56 Å². The fourth-order valence-corrected chi connectivity index (χ4v) is 5.29. The lowest BCUT2D eigenvalue weighted by atomic mass is 10.0. The van der Waals surface area contributed by atoms with Crippen molar-refractivity contribution in [3.63, 3.8) is 0 Å². The van der Waals surface area contributed by atoms with Crippen LogP contribution in [0.5, 0.6) is 17.4 Å². The number of nitrogens with zero attached hydrogens (tertiary/aromatic N) is 2. The van der Waals surface area contributed by atoms with Crippen LogP contribution >= 0.6 is 24.0 Å². The predicted octanol–water partition coefficient (Wildman–Crippen LogP) is 5.48. The SMILES string of the molecule is CCCCn1c(O)c(C2=Nc3ccccc3S[C@@H](c3ccc(O)c(OC)c3)C2)c(=O)[nH]c1=S. The lowest BCUT2D eigenvalue weighted by Gasteiger charge is -2.18. The van der Waals surface area contributed by atoms with Crippen LogP contribution < -0.4 is 10.3 Å². The van der Waals surface area contributed by atoms with E-state index >= 15 is 0 Å². The Kier molecular flexibility index (Phi) is 6.90. The molecule has 1 aliphatic heterocycles. The molecule has 0 amide bonds. The van der Waals surface area contributed by atoms with Crippen molar-refractivity contribution < 1.29 is 14.9 Å². The molecule has 3 N–H and O–H groups in total. The van der Waals surface area contributed by atoms with Gasteiger partial charge in [-0.3, -0.25) is 19.3 Å². The number of para-hydroxylation sites is 1. The summed E-state index contributed by atoms with van der Waals surface area (Å²) in [6.07, 6.45) is 2.12. The first-order valence-electron chi connectivity index (χ1n) is 10.7. The Morgan fingerprint density at radius 3 is 2.82 bits per heavy atom. The lowest BCUT2D eigenvalue weighted by molar-refractivity contribution is 0.373. The largest absolute Gasteiger partial charge is 0.504 e. The number of aliphatic imine (C=N–C) groups is 1. The zero-order valence-electron chi connectivity index (χ0n) is 18.4. The Morgan fingerprint density at radius 2 is 2.06 bits per heavy atom. The van der Waals surface area contributed by atoms with E-state index in [4.69, 9.17) is 21.9 Å². The number of rotatable bonds is 6. The molecular weight excluding hydrogens is 458 g/mol. The number of hydrogen-bond donors (Lipinski definition) is 3. The quantitative estimate of drug-likeness (QED) is 0.401. The predicted molar refractivity (Wildman–Crippen MR) is 133 cm³/mol. The minimum absolute atomic E-state index is 0.0567. The van der Waals surface area contributed by atoms with E-state index in [9.17, 15) is 15.0 Å². The molecule has 172 valence electrons. The van der Waals surface area contributed by atoms with E-state index in [0.717, 1.165) is 29.0 Å². The molecule has 2 heterocycles. The Bertz CT molecular complexity index is 1330. The van der Waals surface area contributed by atoms with Crippen LogP contribution in [0.3, 0.4) is 0 Å². The number of aromatic nitrogens is 2. The Hall–Kier alpha value is -3.04. The number of benzene rings is 2. The molecule has 0 spiro atoms. The smallest absolute Gasteiger partial charge is 0.264 e. The van der Waals surface area contributed by atoms with Crippen molar-refractivity contribution in [1.82, 2.24) is 9.55 Å². The molecule has 0 aliphatic carbocycles. The summed E-state index contributed by atoms with van der Waals surface area (Å²) in [5.74, 6) is 0.265. The molecule has 33 heavy (non-hydrogen) atoms. The molecule has 1 aliphatic rings. The van der Waals surface area contributed by atoms with Crippen LogP contribution in [0.2, 0.25) is 0 Å². The third-order valence-corrected chi connectivity index (χ3v) is 7.18. The summed E-state index contributed by atoms with van der Waals surface area (Å²) in [7, 11) is 1.50. The highest BCUT2D eigenvalue weighted by Gasteiger charge is 2.27. The second-order valence-corrected chi connectivity index (χ2v) is 9.36. The molecule has 9 heteroatoms. The van der Waals surface area contributed by atoms with Crippen molar-refractivity contribution in [3.05, 3.63) is 68.7 Å². The normalized spacial score (nSPS) is 15.5. The van der Waals surface area contributed by atoms with Crippen molar-refractivity contribution in [2.24, 2.45) is 4.99 Å². The number of methoxy groups -OCH3 is 1. The lowest BCUT2D eigenvalue weighted by Crippen LogP contribution is -2.24. The molecule has 0 fully saturated rings. The van der Waals surface area contributed by atoms with Gasteiger partial charge in [0.1, 0.15) is 5.56 Å². The van der Waals surface area contributed by atoms with E-state index in [1.165, 1.54) is 7.11 Å². The van der Waals surface area contributed by atoms with E-state index in [1.807, 2.05) is 37.3 Å². The number of ether oxygens (including phenoxy) is 1. The zero-order chi connectivity index (χ0) is 23.5. The summed E-state index contributed by atoms with van der Waals surface area (Å²) < 4.78 is 7.04. The highest BCUT2D eigenvalue weighted by molar-refractivity contribution is 7.99. The third kappa shape index (κ3) is 4.69. The molecule has 0 bridgehead atoms. The maximum Gasteiger partial charge on any atom is 0.264 e. The second-order valence-electron chi connectivity index (χ2n) is 7.73. The number of nitrogens with one attached hydrogen (secondary N) is 1. The number of phenolic OH excluding ortho intramolecular Hbond substituents is 1. The van der Waals surface area contributed by atoms with E-state index in [-0.39, 0.29) is 27.2 Å². The maximum atomic E-state index is 13.0. The topological polar surface area (TPSA) is 99.8 Å². The minimum atomic E-state index is -0.463. The first-order chi connectivity index (χ1) is 15.9. The van der Waals surface area contributed by atoms with Crippen molar-refractivity contribution in [3.8, 4) is 17.4 Å². The average Bonchev–Trinajstić information content (AvgIpc) is 2.98. The summed E-state index contributed by atoms with van der Waals surface area (Å²) in [4.78, 5) is 21.4. The number of thioether (sulfide) groups is 1. The number of unbranched alkanes of at least 4 members (excludes halogenated alkanes) is 1. The van der Waals surface area contributed by atoms with Gasteiger partial charge < -0.3 is 14.9 Å². The van der Waals surface area contributed by atoms with Crippen LogP contribution in [0.1, 0.15) is 42.6 Å². The zero-order valence-corrected chi connectivity index (χ0v) is 20.0. The molecule has 4 rings (SSSR count). The Labute approximate surface area is 200 Å². The van der Waals surface area contributed by atoms with Crippen LogP contribution in [0.4, 0.5) is 5.69 Å². The van der Waals surface area contributed by atoms with Gasteiger partial charge in [0.05, 0.1) is 18.5 Å². The van der Waals surface area contributed by atoms with Crippen LogP contribution in [-0.4, -0.2) is 32.6 Å². The van der Waals surface area contributed by atoms with Crippen LogP contribution in [0, 0.1) is 4.77 Å². The van der Waals surface area contributed by atoms with E-state index in [2.05, 4.69) is 4.98 Å². The maximum absolute atomic E-state index is 13.0. The Morgan fingerprint density at radius 1 is 1.27 bits per heavy atom. The number of aromatic hydroxyl groups is 2. The van der Waals surface area contributed by atoms with Crippen LogP contribution in [0.25, 0.3) is 0 Å². The number of H-pyrrole nitrogens is 1. The van der Waals surface area contributed by atoms with Gasteiger partial charge in [-0.25, -0.2) is 0 Å². The summed E-state index contributed by atoms with van der Waals surface area (Å²) >= 11 is 6.91. The molecule has 2 aromatic carbocycles. The number of phenols is 1. The fraction of sp³-hybridized carbons (Fsp3) is 0.292. The Balaban J connectivity index is 1.87. The molecule has 0 unspecified atom stereocenters. The highest BCUT2D eigenvalue weighted by Crippen LogP contribution is 2.47. The van der Waals surface area contributed by atoms with E-state index in [0.29, 0.717) is 24.4 Å². The van der Waals surface area contributed by atoms with Gasteiger partial charge in [-0.15, -0.1) is 11.8 Å². The molecule has 1 atom stereocenters. The molecule has 7 nitrogen and oxygen atoms in total. The van der Waals surface area contributed by atoms with Gasteiger partial charge in [-0.2, -0.15) is 0 Å². The molecule has 1 aromatic heterocycles. The highest BCUT2D eigenvalue weighted by atomic mass is 32.2. The minimum Gasteiger partial charge on any atom is -0.504 e. The molecule has 0 saturated carbocycles. The second kappa shape index (κ2) is 9.84. The molecule has 3 aromatic rings. The van der Waals surface area contributed by atoms with Crippen LogP contribution in [0.15, 0.2) is 57.1 Å². The van der Waals surface area contributed by atoms with E-state index in [1.54, 1.807) is 28.5 Å². The number of hydrogen-bond acceptors (Lipinski definition) is 7. The summed E-state index contributed by atoms with van der Waals surface area (Å²) in [6.45, 7) is 2.55. The van der Waals surface area contributed by atoms with Gasteiger partial charge >= 0.3 is 0 Å². The molecule has 0 radical (unpaired) electrons. The fourth-order valence-electron chi connectivity index (χ4n) is 3.79. The van der Waals surface area contributed by atoms with Gasteiger partial charge in [-0.1, -0.05) is 31.5 Å². The summed E-state index contributed by atoms with van der Waals surface area (Å²) in [5, 5.41) is 21.0. The monoisotopic (exact) mass is 483 g/mol. The average molecular weight is 484 g/mol. The van der Waals surface area contributed by atoms with E-state index < -0.39 is 5.56 Å². The van der Waals surface area contributed by atoms with Crippen molar-refractivity contribution in [2.45, 2.75) is 42.9 Å². The summed E-state index contributed by atoms with van der Waals surface area (Å²) in [6, 6.07) is 12.9.